The van der Waals surface area contributed by atoms with Crippen molar-refractivity contribution >= 4 is 6.09 Å². The van der Waals surface area contributed by atoms with E-state index in [-0.39, 0.29) is 6.09 Å². The maximum absolute atomic E-state index is 12.1. The lowest BCUT2D eigenvalue weighted by molar-refractivity contribution is 0.0143. The van der Waals surface area contributed by atoms with Gasteiger partial charge in [0.1, 0.15) is 0 Å². The van der Waals surface area contributed by atoms with Gasteiger partial charge in [-0.2, -0.15) is 0 Å². The van der Waals surface area contributed by atoms with E-state index >= 15 is 0 Å². The number of ether oxygens (including phenoxy) is 1. The molecule has 1 spiro atoms. The Morgan fingerprint density at radius 3 is 2.03 bits per heavy atom. The quantitative estimate of drug-likeness (QED) is 0.694. The maximum Gasteiger partial charge on any atom is 0.415 e. The number of amides is 1. The molecule has 2 aliphatic rings. The highest BCUT2D eigenvalue weighted by Crippen LogP contribution is 2.40. The van der Waals surface area contributed by atoms with Gasteiger partial charge in [-0.15, -0.1) is 0 Å². The van der Waals surface area contributed by atoms with Gasteiger partial charge >= 0.3 is 6.09 Å². The Hall–Kier alpha value is -2.59. The Kier molecular flexibility index (Phi) is 5.72. The Morgan fingerprint density at radius 1 is 1.00 bits per heavy atom. The molecule has 2 aliphatic heterocycles. The van der Waals surface area contributed by atoms with Crippen molar-refractivity contribution in [3.8, 4) is 0 Å². The molecule has 0 saturated carbocycles. The van der Waals surface area contributed by atoms with Crippen LogP contribution in [-0.4, -0.2) is 47.7 Å². The molecule has 2 saturated heterocycles. The van der Waals surface area contributed by atoms with Crippen LogP contribution >= 0.6 is 0 Å². The first kappa shape index (κ1) is 19.7. The zero-order chi connectivity index (χ0) is 20.3. The highest BCUT2D eigenvalue weighted by Gasteiger charge is 2.49. The molecule has 2 fully saturated rings. The van der Waals surface area contributed by atoms with Crippen LogP contribution in [0.15, 0.2) is 72.9 Å². The standard InChI is InChI=1S/C25H30N2O2/c1-3-27-20(2)25(29-24(27)28)15-18-26(19-16-25)17-14-23(21-10-6-4-7-11-21)22-12-8-5-9-13-22/h4-13,23H,2-3,14-19H2,1H3. The highest BCUT2D eigenvalue weighted by atomic mass is 16.6. The number of likely N-dealkylation sites (tertiary alicyclic amines) is 1. The van der Waals surface area contributed by atoms with E-state index in [0.29, 0.717) is 12.5 Å². The summed E-state index contributed by atoms with van der Waals surface area (Å²) >= 11 is 0. The molecule has 0 atom stereocenters. The van der Waals surface area contributed by atoms with Crippen molar-refractivity contribution in [3.05, 3.63) is 84.1 Å². The van der Waals surface area contributed by atoms with Gasteiger partial charge in [-0.25, -0.2) is 4.79 Å². The Balaban J connectivity index is 1.40. The maximum atomic E-state index is 12.1. The van der Waals surface area contributed by atoms with Gasteiger partial charge in [0.05, 0.1) is 5.70 Å². The monoisotopic (exact) mass is 390 g/mol. The third-order valence-electron chi connectivity index (χ3n) is 6.47. The van der Waals surface area contributed by atoms with Crippen molar-refractivity contribution in [1.82, 2.24) is 9.80 Å². The number of rotatable bonds is 6. The van der Waals surface area contributed by atoms with E-state index < -0.39 is 5.60 Å². The molecule has 0 N–H and O–H groups in total. The number of likely N-dealkylation sites (N-methyl/N-ethyl adjacent to an activating group) is 1. The molecule has 0 aromatic heterocycles. The number of hydrogen-bond donors (Lipinski definition) is 0. The molecule has 4 heteroatoms. The summed E-state index contributed by atoms with van der Waals surface area (Å²) in [4.78, 5) is 16.3. The van der Waals surface area contributed by atoms with Gasteiger partial charge in [-0.05, 0) is 31.0 Å². The molecule has 2 aromatic carbocycles. The van der Waals surface area contributed by atoms with Crippen LogP contribution in [0.25, 0.3) is 0 Å². The van der Waals surface area contributed by atoms with E-state index in [0.717, 1.165) is 44.6 Å². The number of nitrogens with zero attached hydrogens (tertiary/aromatic N) is 2. The minimum atomic E-state index is -0.484. The first-order chi connectivity index (χ1) is 14.1. The molecule has 2 heterocycles. The average Bonchev–Trinajstić information content (AvgIpc) is 3.00. The molecule has 29 heavy (non-hydrogen) atoms. The van der Waals surface area contributed by atoms with Crippen molar-refractivity contribution in [2.75, 3.05) is 26.2 Å². The van der Waals surface area contributed by atoms with E-state index in [9.17, 15) is 4.79 Å². The average molecular weight is 391 g/mol. The Labute approximate surface area is 173 Å². The van der Waals surface area contributed by atoms with E-state index in [1.54, 1.807) is 4.90 Å². The molecule has 0 unspecified atom stereocenters. The second-order valence-corrected chi connectivity index (χ2v) is 8.06. The lowest BCUT2D eigenvalue weighted by atomic mass is 9.86. The largest absolute Gasteiger partial charge is 0.436 e. The van der Waals surface area contributed by atoms with Gasteiger partial charge in [-0.3, -0.25) is 4.90 Å². The van der Waals surface area contributed by atoms with Crippen LogP contribution < -0.4 is 0 Å². The Morgan fingerprint density at radius 2 is 1.55 bits per heavy atom. The lowest BCUT2D eigenvalue weighted by Crippen LogP contribution is -2.46. The van der Waals surface area contributed by atoms with Crippen LogP contribution in [0.2, 0.25) is 0 Å². The fourth-order valence-electron chi connectivity index (χ4n) is 4.69. The zero-order valence-corrected chi connectivity index (χ0v) is 17.2. The summed E-state index contributed by atoms with van der Waals surface area (Å²) in [5.74, 6) is 0.392. The lowest BCUT2D eigenvalue weighted by Gasteiger charge is -2.38. The Bertz CT molecular complexity index is 802. The van der Waals surface area contributed by atoms with E-state index in [2.05, 4.69) is 72.1 Å². The molecule has 2 aromatic rings. The minimum Gasteiger partial charge on any atom is -0.436 e. The summed E-state index contributed by atoms with van der Waals surface area (Å²) in [7, 11) is 0. The molecule has 4 nitrogen and oxygen atoms in total. The smallest absolute Gasteiger partial charge is 0.415 e. The third-order valence-corrected chi connectivity index (χ3v) is 6.47. The normalized spacial score (nSPS) is 19.2. The summed E-state index contributed by atoms with van der Waals surface area (Å²) in [6, 6.07) is 21.5. The topological polar surface area (TPSA) is 32.8 Å². The number of carbonyl (C=O) groups excluding carboxylic acids is 1. The molecule has 0 bridgehead atoms. The molecule has 4 rings (SSSR count). The van der Waals surface area contributed by atoms with E-state index in [4.69, 9.17) is 4.74 Å². The molecule has 152 valence electrons. The zero-order valence-electron chi connectivity index (χ0n) is 17.2. The number of hydrogen-bond acceptors (Lipinski definition) is 3. The second-order valence-electron chi connectivity index (χ2n) is 8.06. The minimum absolute atomic E-state index is 0.237. The van der Waals surface area contributed by atoms with Gasteiger partial charge in [0.2, 0.25) is 0 Å². The number of piperidine rings is 1. The van der Waals surface area contributed by atoms with Crippen LogP contribution in [0.4, 0.5) is 4.79 Å². The van der Waals surface area contributed by atoms with Crippen LogP contribution in [0.1, 0.15) is 43.2 Å². The van der Waals surface area contributed by atoms with Gasteiger partial charge in [-0.1, -0.05) is 67.2 Å². The van der Waals surface area contributed by atoms with E-state index in [1.807, 2.05) is 6.92 Å². The van der Waals surface area contributed by atoms with Crippen molar-refractivity contribution in [2.24, 2.45) is 0 Å². The summed E-state index contributed by atoms with van der Waals surface area (Å²) in [6.45, 7) is 9.66. The molecule has 0 radical (unpaired) electrons. The first-order valence-electron chi connectivity index (χ1n) is 10.6. The van der Waals surface area contributed by atoms with Crippen LogP contribution in [0, 0.1) is 0 Å². The highest BCUT2D eigenvalue weighted by molar-refractivity contribution is 5.74. The summed E-state index contributed by atoms with van der Waals surface area (Å²) in [5.41, 5.74) is 3.09. The number of carbonyl (C=O) groups is 1. The van der Waals surface area contributed by atoms with Gasteiger partial charge in [0.25, 0.3) is 0 Å². The summed E-state index contributed by atoms with van der Waals surface area (Å²) < 4.78 is 5.78. The van der Waals surface area contributed by atoms with Crippen molar-refractivity contribution in [1.29, 1.82) is 0 Å². The third kappa shape index (κ3) is 3.95. The van der Waals surface area contributed by atoms with Crippen molar-refractivity contribution in [3.63, 3.8) is 0 Å². The van der Waals surface area contributed by atoms with Gasteiger partial charge < -0.3 is 9.64 Å². The van der Waals surface area contributed by atoms with Crippen LogP contribution in [0.5, 0.6) is 0 Å². The molecular weight excluding hydrogens is 360 g/mol. The fourth-order valence-corrected chi connectivity index (χ4v) is 4.69. The van der Waals surface area contributed by atoms with Crippen molar-refractivity contribution in [2.45, 2.75) is 37.7 Å². The van der Waals surface area contributed by atoms with E-state index in [1.165, 1.54) is 11.1 Å². The predicted molar refractivity (Wildman–Crippen MR) is 116 cm³/mol. The SMILES string of the molecule is C=C1N(CC)C(=O)OC12CCN(CCC(c1ccccc1)c1ccccc1)CC2. The first-order valence-corrected chi connectivity index (χ1v) is 10.6. The van der Waals surface area contributed by atoms with Crippen LogP contribution in [0.3, 0.4) is 0 Å². The molecular formula is C25H30N2O2. The molecule has 1 amide bonds. The van der Waals surface area contributed by atoms with Crippen LogP contribution in [-0.2, 0) is 4.74 Å². The summed E-state index contributed by atoms with van der Waals surface area (Å²) in [6.07, 6.45) is 2.49. The summed E-state index contributed by atoms with van der Waals surface area (Å²) in [5, 5.41) is 0. The van der Waals surface area contributed by atoms with Gasteiger partial charge in [0.15, 0.2) is 5.60 Å². The van der Waals surface area contributed by atoms with Crippen molar-refractivity contribution < 1.29 is 9.53 Å². The fraction of sp³-hybridized carbons (Fsp3) is 0.400. The number of benzene rings is 2. The van der Waals surface area contributed by atoms with Gasteiger partial charge in [0, 0.05) is 38.4 Å². The molecule has 0 aliphatic carbocycles. The second kappa shape index (κ2) is 8.42. The predicted octanol–water partition coefficient (Wildman–Crippen LogP) is 5.03.